The lowest BCUT2D eigenvalue weighted by Gasteiger charge is -2.19. The SMILES string of the molecule is CCNc1cc(N(C)CCOC(C)C)ncn1. The van der Waals surface area contributed by atoms with Crippen molar-refractivity contribution in [2.24, 2.45) is 0 Å². The Kier molecular flexibility index (Phi) is 5.69. The highest BCUT2D eigenvalue weighted by molar-refractivity contribution is 5.47. The lowest BCUT2D eigenvalue weighted by Crippen LogP contribution is -2.24. The highest BCUT2D eigenvalue weighted by atomic mass is 16.5. The van der Waals surface area contributed by atoms with E-state index in [1.54, 1.807) is 6.33 Å². The zero-order valence-corrected chi connectivity index (χ0v) is 11.1. The monoisotopic (exact) mass is 238 g/mol. The molecule has 0 saturated carbocycles. The Morgan fingerprint density at radius 3 is 2.82 bits per heavy atom. The van der Waals surface area contributed by atoms with Gasteiger partial charge < -0.3 is 15.0 Å². The Balaban J connectivity index is 2.50. The number of likely N-dealkylation sites (N-methyl/N-ethyl adjacent to an activating group) is 1. The van der Waals surface area contributed by atoms with Crippen LogP contribution in [0.4, 0.5) is 11.6 Å². The van der Waals surface area contributed by atoms with Crippen molar-refractivity contribution < 1.29 is 4.74 Å². The van der Waals surface area contributed by atoms with E-state index in [1.807, 2.05) is 33.9 Å². The summed E-state index contributed by atoms with van der Waals surface area (Å²) in [5.74, 6) is 1.76. The molecule has 5 nitrogen and oxygen atoms in total. The second-order valence-electron chi connectivity index (χ2n) is 4.13. The van der Waals surface area contributed by atoms with Crippen molar-refractivity contribution in [2.75, 3.05) is 37.0 Å². The summed E-state index contributed by atoms with van der Waals surface area (Å²) in [4.78, 5) is 10.4. The number of hydrogen-bond donors (Lipinski definition) is 1. The maximum Gasteiger partial charge on any atom is 0.133 e. The highest BCUT2D eigenvalue weighted by Gasteiger charge is 2.04. The Labute approximate surface area is 103 Å². The molecule has 0 amide bonds. The van der Waals surface area contributed by atoms with Crippen molar-refractivity contribution >= 4 is 11.6 Å². The van der Waals surface area contributed by atoms with Crippen molar-refractivity contribution in [3.8, 4) is 0 Å². The summed E-state index contributed by atoms with van der Waals surface area (Å²) >= 11 is 0. The molecule has 1 aromatic rings. The van der Waals surface area contributed by atoms with Crippen LogP contribution in [0.1, 0.15) is 20.8 Å². The number of anilines is 2. The predicted molar refractivity (Wildman–Crippen MR) is 70.6 cm³/mol. The smallest absolute Gasteiger partial charge is 0.133 e. The molecule has 1 aromatic heterocycles. The highest BCUT2D eigenvalue weighted by Crippen LogP contribution is 2.11. The van der Waals surface area contributed by atoms with Crippen LogP contribution >= 0.6 is 0 Å². The van der Waals surface area contributed by atoms with E-state index in [4.69, 9.17) is 4.74 Å². The van der Waals surface area contributed by atoms with E-state index in [1.165, 1.54) is 0 Å². The third-order valence-corrected chi connectivity index (χ3v) is 2.28. The molecule has 0 aromatic carbocycles. The third-order valence-electron chi connectivity index (χ3n) is 2.28. The number of nitrogens with zero attached hydrogens (tertiary/aromatic N) is 3. The molecule has 5 heteroatoms. The van der Waals surface area contributed by atoms with Gasteiger partial charge in [-0.2, -0.15) is 0 Å². The molecule has 1 rings (SSSR count). The zero-order valence-electron chi connectivity index (χ0n) is 11.1. The molecular formula is C12H22N4O. The molecule has 0 saturated heterocycles. The van der Waals surface area contributed by atoms with Gasteiger partial charge in [0.25, 0.3) is 0 Å². The maximum atomic E-state index is 5.51. The van der Waals surface area contributed by atoms with Gasteiger partial charge in [0.1, 0.15) is 18.0 Å². The average Bonchev–Trinajstić information content (AvgIpc) is 2.29. The van der Waals surface area contributed by atoms with Crippen LogP contribution in [-0.2, 0) is 4.74 Å². The van der Waals surface area contributed by atoms with Gasteiger partial charge >= 0.3 is 0 Å². The molecule has 17 heavy (non-hydrogen) atoms. The fraction of sp³-hybridized carbons (Fsp3) is 0.667. The summed E-state index contributed by atoms with van der Waals surface area (Å²) in [7, 11) is 2.00. The van der Waals surface area contributed by atoms with Crippen LogP contribution in [0.15, 0.2) is 12.4 Å². The lowest BCUT2D eigenvalue weighted by atomic mass is 10.4. The van der Waals surface area contributed by atoms with Crippen molar-refractivity contribution in [1.29, 1.82) is 0 Å². The van der Waals surface area contributed by atoms with Crippen molar-refractivity contribution in [3.63, 3.8) is 0 Å². The number of hydrogen-bond acceptors (Lipinski definition) is 5. The predicted octanol–water partition coefficient (Wildman–Crippen LogP) is 1.77. The van der Waals surface area contributed by atoms with E-state index in [2.05, 4.69) is 20.2 Å². The van der Waals surface area contributed by atoms with Gasteiger partial charge in [-0.1, -0.05) is 0 Å². The Morgan fingerprint density at radius 2 is 2.18 bits per heavy atom. The van der Waals surface area contributed by atoms with Crippen molar-refractivity contribution in [1.82, 2.24) is 9.97 Å². The van der Waals surface area contributed by atoms with Crippen LogP contribution in [0.2, 0.25) is 0 Å². The van der Waals surface area contributed by atoms with Gasteiger partial charge in [-0.15, -0.1) is 0 Å². The summed E-state index contributed by atoms with van der Waals surface area (Å²) in [5.41, 5.74) is 0. The first-order valence-corrected chi connectivity index (χ1v) is 6.02. The number of ether oxygens (including phenoxy) is 1. The molecule has 0 spiro atoms. The van der Waals surface area contributed by atoms with Crippen molar-refractivity contribution in [3.05, 3.63) is 12.4 Å². The van der Waals surface area contributed by atoms with E-state index in [0.29, 0.717) is 6.61 Å². The molecule has 0 atom stereocenters. The Bertz CT molecular complexity index is 330. The molecule has 96 valence electrons. The number of nitrogens with one attached hydrogen (secondary N) is 1. The van der Waals surface area contributed by atoms with E-state index in [0.717, 1.165) is 24.7 Å². The first-order valence-electron chi connectivity index (χ1n) is 6.02. The Hall–Kier alpha value is -1.36. The van der Waals surface area contributed by atoms with E-state index < -0.39 is 0 Å². The van der Waals surface area contributed by atoms with Crippen LogP contribution in [0.3, 0.4) is 0 Å². The quantitative estimate of drug-likeness (QED) is 0.784. The van der Waals surface area contributed by atoms with Crippen LogP contribution in [0.5, 0.6) is 0 Å². The standard InChI is InChI=1S/C12H22N4O/c1-5-13-11-8-12(15-9-14-11)16(4)6-7-17-10(2)3/h8-10H,5-7H2,1-4H3,(H,13,14,15). The fourth-order valence-corrected chi connectivity index (χ4v) is 1.37. The van der Waals surface area contributed by atoms with Crippen LogP contribution in [0, 0.1) is 0 Å². The van der Waals surface area contributed by atoms with E-state index >= 15 is 0 Å². The molecule has 0 aliphatic heterocycles. The summed E-state index contributed by atoms with van der Waals surface area (Å²) in [6.45, 7) is 8.50. The van der Waals surface area contributed by atoms with Gasteiger partial charge in [-0.05, 0) is 20.8 Å². The van der Waals surface area contributed by atoms with Crippen molar-refractivity contribution in [2.45, 2.75) is 26.9 Å². The third kappa shape index (κ3) is 4.99. The summed E-state index contributed by atoms with van der Waals surface area (Å²) in [6.07, 6.45) is 1.85. The summed E-state index contributed by atoms with van der Waals surface area (Å²) in [5, 5.41) is 3.17. The molecular weight excluding hydrogens is 216 g/mol. The van der Waals surface area contributed by atoms with Gasteiger partial charge in [0.2, 0.25) is 0 Å². The first kappa shape index (κ1) is 13.7. The second kappa shape index (κ2) is 7.06. The number of rotatable bonds is 7. The molecule has 1 N–H and O–H groups in total. The first-order chi connectivity index (χ1) is 8.13. The van der Waals surface area contributed by atoms with Crippen LogP contribution < -0.4 is 10.2 Å². The van der Waals surface area contributed by atoms with Gasteiger partial charge in [-0.25, -0.2) is 9.97 Å². The zero-order chi connectivity index (χ0) is 12.7. The van der Waals surface area contributed by atoms with Gasteiger partial charge in [0, 0.05) is 26.2 Å². The normalized spacial score (nSPS) is 10.6. The minimum absolute atomic E-state index is 0.270. The molecule has 1 heterocycles. The molecule has 0 radical (unpaired) electrons. The summed E-state index contributed by atoms with van der Waals surface area (Å²) < 4.78 is 5.51. The molecule has 0 unspecified atom stereocenters. The van der Waals surface area contributed by atoms with E-state index in [-0.39, 0.29) is 6.10 Å². The largest absolute Gasteiger partial charge is 0.377 e. The minimum Gasteiger partial charge on any atom is -0.377 e. The average molecular weight is 238 g/mol. The summed E-state index contributed by atoms with van der Waals surface area (Å²) in [6, 6.07) is 1.94. The molecule has 0 fully saturated rings. The molecule has 0 aliphatic rings. The topological polar surface area (TPSA) is 50.3 Å². The molecule has 0 bridgehead atoms. The maximum absolute atomic E-state index is 5.51. The second-order valence-corrected chi connectivity index (χ2v) is 4.13. The minimum atomic E-state index is 0.270. The van der Waals surface area contributed by atoms with Crippen LogP contribution in [0.25, 0.3) is 0 Å². The van der Waals surface area contributed by atoms with Gasteiger partial charge in [-0.3, -0.25) is 0 Å². The lowest BCUT2D eigenvalue weighted by molar-refractivity contribution is 0.0845. The van der Waals surface area contributed by atoms with Crippen LogP contribution in [-0.4, -0.2) is 42.8 Å². The fourth-order valence-electron chi connectivity index (χ4n) is 1.37. The van der Waals surface area contributed by atoms with Gasteiger partial charge in [0.05, 0.1) is 12.7 Å². The van der Waals surface area contributed by atoms with E-state index in [9.17, 15) is 0 Å². The van der Waals surface area contributed by atoms with Gasteiger partial charge in [0.15, 0.2) is 0 Å². The molecule has 0 aliphatic carbocycles. The Morgan fingerprint density at radius 1 is 1.41 bits per heavy atom. The number of aromatic nitrogens is 2.